The summed E-state index contributed by atoms with van der Waals surface area (Å²) in [5.41, 5.74) is 0.189. The lowest BCUT2D eigenvalue weighted by Gasteiger charge is -2.24. The van der Waals surface area contributed by atoms with Gasteiger partial charge in [-0.15, -0.1) is 10.2 Å². The highest BCUT2D eigenvalue weighted by Gasteiger charge is 2.25. The van der Waals surface area contributed by atoms with Crippen LogP contribution in [0.4, 0.5) is 0 Å². The molecule has 2 rings (SSSR count). The molecule has 0 aliphatic carbocycles. The quantitative estimate of drug-likeness (QED) is 0.819. The van der Waals surface area contributed by atoms with Crippen molar-refractivity contribution in [1.29, 1.82) is 0 Å². The Morgan fingerprint density at radius 3 is 2.35 bits per heavy atom. The zero-order chi connectivity index (χ0) is 12.5. The maximum absolute atomic E-state index is 4.25. The Morgan fingerprint density at radius 2 is 1.76 bits per heavy atom. The summed E-state index contributed by atoms with van der Waals surface area (Å²) in [4.78, 5) is 8.36. The summed E-state index contributed by atoms with van der Waals surface area (Å²) in [6.07, 6.45) is 3.44. The van der Waals surface area contributed by atoms with Gasteiger partial charge in [0.15, 0.2) is 10.8 Å². The Kier molecular flexibility index (Phi) is 3.19. The largest absolute Gasteiger partial charge is 0.234 e. The highest BCUT2D eigenvalue weighted by Crippen LogP contribution is 2.36. The van der Waals surface area contributed by atoms with Gasteiger partial charge in [-0.25, -0.2) is 9.97 Å². The Hall–Kier alpha value is -1.36. The molecular formula is C12H16N4S. The van der Waals surface area contributed by atoms with Crippen molar-refractivity contribution in [2.45, 2.75) is 33.6 Å². The van der Waals surface area contributed by atoms with E-state index in [1.165, 1.54) is 0 Å². The zero-order valence-electron chi connectivity index (χ0n) is 10.5. The highest BCUT2D eigenvalue weighted by molar-refractivity contribution is 7.14. The standard InChI is InChI=1S/C12H16N4S/c1-8(12(2,3)4)10-15-16-11(17-10)9-13-6-5-7-14-9/h5-8H,1-4H3. The van der Waals surface area contributed by atoms with Gasteiger partial charge in [0.25, 0.3) is 0 Å². The van der Waals surface area contributed by atoms with Gasteiger partial charge in [0.05, 0.1) is 0 Å². The maximum Gasteiger partial charge on any atom is 0.190 e. The van der Waals surface area contributed by atoms with Gasteiger partial charge in [-0.05, 0) is 11.5 Å². The predicted molar refractivity (Wildman–Crippen MR) is 68.8 cm³/mol. The third kappa shape index (κ3) is 2.66. The van der Waals surface area contributed by atoms with Gasteiger partial charge in [0, 0.05) is 18.3 Å². The Bertz CT molecular complexity index is 487. The molecule has 0 aliphatic rings. The third-order valence-corrected chi connectivity index (χ3v) is 3.97. The summed E-state index contributed by atoms with van der Waals surface area (Å²) in [5, 5.41) is 10.2. The molecule has 0 aliphatic heterocycles. The molecule has 1 unspecified atom stereocenters. The van der Waals surface area contributed by atoms with Crippen LogP contribution < -0.4 is 0 Å². The van der Waals surface area contributed by atoms with E-state index >= 15 is 0 Å². The molecule has 4 nitrogen and oxygen atoms in total. The summed E-state index contributed by atoms with van der Waals surface area (Å²) in [6.45, 7) is 8.80. The molecule has 2 heterocycles. The van der Waals surface area contributed by atoms with E-state index in [1.54, 1.807) is 29.8 Å². The third-order valence-electron chi connectivity index (χ3n) is 2.87. The van der Waals surface area contributed by atoms with Crippen molar-refractivity contribution in [2.75, 3.05) is 0 Å². The van der Waals surface area contributed by atoms with Crippen LogP contribution in [0.15, 0.2) is 18.5 Å². The maximum atomic E-state index is 4.25. The summed E-state index contributed by atoms with van der Waals surface area (Å²) in [7, 11) is 0. The van der Waals surface area contributed by atoms with Crippen LogP contribution in [0.25, 0.3) is 10.8 Å². The van der Waals surface area contributed by atoms with Crippen LogP contribution in [0.3, 0.4) is 0 Å². The number of nitrogens with zero attached hydrogens (tertiary/aromatic N) is 4. The number of aromatic nitrogens is 4. The second-order valence-electron chi connectivity index (χ2n) is 5.11. The van der Waals surface area contributed by atoms with Gasteiger partial charge in [-0.3, -0.25) is 0 Å². The summed E-state index contributed by atoms with van der Waals surface area (Å²) in [6, 6.07) is 1.79. The van der Waals surface area contributed by atoms with Crippen molar-refractivity contribution in [3.63, 3.8) is 0 Å². The van der Waals surface area contributed by atoms with E-state index in [0.29, 0.717) is 11.7 Å². The topological polar surface area (TPSA) is 51.6 Å². The average molecular weight is 248 g/mol. The van der Waals surface area contributed by atoms with Crippen LogP contribution >= 0.6 is 11.3 Å². The first-order chi connectivity index (χ1) is 7.98. The molecule has 0 N–H and O–H groups in total. The molecule has 0 fully saturated rings. The van der Waals surface area contributed by atoms with Crippen molar-refractivity contribution in [1.82, 2.24) is 20.2 Å². The van der Waals surface area contributed by atoms with Crippen LogP contribution in [0.1, 0.15) is 38.6 Å². The molecule has 2 aromatic rings. The molecule has 0 saturated heterocycles. The van der Waals surface area contributed by atoms with Gasteiger partial charge in [-0.1, -0.05) is 39.0 Å². The molecule has 0 aromatic carbocycles. The lowest BCUT2D eigenvalue weighted by molar-refractivity contribution is 0.337. The molecule has 0 amide bonds. The van der Waals surface area contributed by atoms with Gasteiger partial charge in [0.2, 0.25) is 0 Å². The smallest absolute Gasteiger partial charge is 0.190 e. The molecule has 1 atom stereocenters. The van der Waals surface area contributed by atoms with E-state index in [0.717, 1.165) is 10.0 Å². The second-order valence-corrected chi connectivity index (χ2v) is 6.11. The minimum atomic E-state index is 0.189. The lowest BCUT2D eigenvalue weighted by atomic mass is 9.83. The Morgan fingerprint density at radius 1 is 1.12 bits per heavy atom. The van der Waals surface area contributed by atoms with Crippen LogP contribution in [0, 0.1) is 5.41 Å². The van der Waals surface area contributed by atoms with E-state index in [-0.39, 0.29) is 5.41 Å². The van der Waals surface area contributed by atoms with Crippen LogP contribution in [0.2, 0.25) is 0 Å². The fourth-order valence-electron chi connectivity index (χ4n) is 1.28. The van der Waals surface area contributed by atoms with Crippen LogP contribution in [-0.2, 0) is 0 Å². The molecule has 0 saturated carbocycles. The Balaban J connectivity index is 2.28. The van der Waals surface area contributed by atoms with Crippen molar-refractivity contribution in [2.24, 2.45) is 5.41 Å². The molecule has 0 spiro atoms. The van der Waals surface area contributed by atoms with Crippen molar-refractivity contribution < 1.29 is 0 Å². The van der Waals surface area contributed by atoms with Gasteiger partial charge in [-0.2, -0.15) is 0 Å². The molecule has 0 bridgehead atoms. The molecule has 0 radical (unpaired) electrons. The van der Waals surface area contributed by atoms with Crippen molar-refractivity contribution >= 4 is 11.3 Å². The van der Waals surface area contributed by atoms with E-state index in [2.05, 4.69) is 47.9 Å². The average Bonchev–Trinajstić information content (AvgIpc) is 2.77. The van der Waals surface area contributed by atoms with Crippen LogP contribution in [-0.4, -0.2) is 20.2 Å². The fraction of sp³-hybridized carbons (Fsp3) is 0.500. The summed E-state index contributed by atoms with van der Waals surface area (Å²) < 4.78 is 0. The van der Waals surface area contributed by atoms with Gasteiger partial charge < -0.3 is 0 Å². The molecular weight excluding hydrogens is 232 g/mol. The monoisotopic (exact) mass is 248 g/mol. The first-order valence-corrected chi connectivity index (χ1v) is 6.41. The second kappa shape index (κ2) is 4.49. The van der Waals surface area contributed by atoms with E-state index in [9.17, 15) is 0 Å². The van der Waals surface area contributed by atoms with Crippen molar-refractivity contribution in [3.05, 3.63) is 23.5 Å². The Labute approximate surface area is 105 Å². The molecule has 2 aromatic heterocycles. The van der Waals surface area contributed by atoms with E-state index < -0.39 is 0 Å². The molecule has 17 heavy (non-hydrogen) atoms. The predicted octanol–water partition coefficient (Wildman–Crippen LogP) is 3.14. The van der Waals surface area contributed by atoms with Gasteiger partial charge >= 0.3 is 0 Å². The zero-order valence-corrected chi connectivity index (χ0v) is 11.3. The van der Waals surface area contributed by atoms with E-state index in [1.807, 2.05) is 0 Å². The van der Waals surface area contributed by atoms with E-state index in [4.69, 9.17) is 0 Å². The number of rotatable bonds is 2. The number of hydrogen-bond donors (Lipinski definition) is 0. The number of hydrogen-bond acceptors (Lipinski definition) is 5. The minimum Gasteiger partial charge on any atom is -0.234 e. The summed E-state index contributed by atoms with van der Waals surface area (Å²) in [5.74, 6) is 1.02. The minimum absolute atomic E-state index is 0.189. The molecule has 5 heteroatoms. The normalized spacial score (nSPS) is 13.6. The van der Waals surface area contributed by atoms with Crippen molar-refractivity contribution in [3.8, 4) is 10.8 Å². The molecule has 90 valence electrons. The SMILES string of the molecule is CC(c1nnc(-c2ncccn2)s1)C(C)(C)C. The lowest BCUT2D eigenvalue weighted by Crippen LogP contribution is -2.14. The first kappa shape index (κ1) is 12.1. The first-order valence-electron chi connectivity index (χ1n) is 5.59. The summed E-state index contributed by atoms with van der Waals surface area (Å²) >= 11 is 1.57. The highest BCUT2D eigenvalue weighted by atomic mass is 32.1. The fourth-order valence-corrected chi connectivity index (χ4v) is 2.37. The van der Waals surface area contributed by atoms with Crippen LogP contribution in [0.5, 0.6) is 0 Å². The van der Waals surface area contributed by atoms with Gasteiger partial charge in [0.1, 0.15) is 5.01 Å².